The molecule has 2 amide bonds. The minimum atomic E-state index is -0.0246. The van der Waals surface area contributed by atoms with Gasteiger partial charge in [0.2, 0.25) is 5.91 Å². The van der Waals surface area contributed by atoms with Crippen molar-refractivity contribution in [1.29, 1.82) is 0 Å². The first-order chi connectivity index (χ1) is 12.6. The molecule has 3 aliphatic heterocycles. The number of likely N-dealkylation sites (tertiary alicyclic amines) is 2. The van der Waals surface area contributed by atoms with Gasteiger partial charge in [-0.25, -0.2) is 4.98 Å². The molecule has 3 fully saturated rings. The summed E-state index contributed by atoms with van der Waals surface area (Å²) in [6.45, 7) is 2.78. The van der Waals surface area contributed by atoms with Crippen LogP contribution in [0.1, 0.15) is 48.9 Å². The zero-order valence-corrected chi connectivity index (χ0v) is 14.9. The fraction of sp³-hybridized carbons (Fsp3) is 0.632. The highest BCUT2D eigenvalue weighted by atomic mass is 16.5. The van der Waals surface area contributed by atoms with Crippen LogP contribution in [-0.2, 0) is 4.79 Å². The van der Waals surface area contributed by atoms with Gasteiger partial charge < -0.3 is 19.9 Å². The van der Waals surface area contributed by atoms with Gasteiger partial charge in [-0.15, -0.1) is 0 Å². The van der Waals surface area contributed by atoms with Gasteiger partial charge in [0.1, 0.15) is 0 Å². The van der Waals surface area contributed by atoms with Crippen LogP contribution < -0.4 is 10.1 Å². The van der Waals surface area contributed by atoms with Crippen LogP contribution in [0.15, 0.2) is 12.3 Å². The van der Waals surface area contributed by atoms with Gasteiger partial charge in [0.25, 0.3) is 5.91 Å². The van der Waals surface area contributed by atoms with Crippen molar-refractivity contribution in [3.8, 4) is 5.75 Å². The topological polar surface area (TPSA) is 74.8 Å². The van der Waals surface area contributed by atoms with Gasteiger partial charge in [-0.2, -0.15) is 0 Å². The Kier molecular flexibility index (Phi) is 3.58. The zero-order chi connectivity index (χ0) is 17.7. The van der Waals surface area contributed by atoms with Crippen molar-refractivity contribution in [3.05, 3.63) is 17.8 Å². The number of aromatic nitrogens is 1. The molecule has 1 N–H and O–H groups in total. The van der Waals surface area contributed by atoms with Crippen LogP contribution in [0.25, 0.3) is 0 Å². The molecule has 0 bridgehead atoms. The lowest BCUT2D eigenvalue weighted by molar-refractivity contribution is -0.129. The van der Waals surface area contributed by atoms with Crippen molar-refractivity contribution in [3.63, 3.8) is 0 Å². The summed E-state index contributed by atoms with van der Waals surface area (Å²) in [5, 5.41) is 3.49. The van der Waals surface area contributed by atoms with Crippen LogP contribution in [0, 0.1) is 0 Å². The van der Waals surface area contributed by atoms with Crippen molar-refractivity contribution in [1.82, 2.24) is 14.8 Å². The molecule has 1 saturated carbocycles. The molecule has 5 rings (SSSR count). The van der Waals surface area contributed by atoms with Crippen LogP contribution in [0.5, 0.6) is 5.75 Å². The quantitative estimate of drug-likeness (QED) is 0.872. The monoisotopic (exact) mass is 356 g/mol. The number of anilines is 1. The fourth-order valence-electron chi connectivity index (χ4n) is 4.38. The van der Waals surface area contributed by atoms with Crippen LogP contribution in [0.4, 0.5) is 5.82 Å². The summed E-state index contributed by atoms with van der Waals surface area (Å²) in [6.07, 6.45) is 7.37. The number of fused-ring (bicyclic) bond motifs is 1. The molecule has 1 aromatic rings. The molecule has 1 aromatic heterocycles. The Bertz CT molecular complexity index is 761. The summed E-state index contributed by atoms with van der Waals surface area (Å²) in [4.78, 5) is 33.1. The molecule has 26 heavy (non-hydrogen) atoms. The van der Waals surface area contributed by atoms with Gasteiger partial charge in [-0.3, -0.25) is 9.59 Å². The highest BCUT2D eigenvalue weighted by Crippen LogP contribution is 2.45. The van der Waals surface area contributed by atoms with Crippen molar-refractivity contribution < 1.29 is 14.3 Å². The van der Waals surface area contributed by atoms with E-state index >= 15 is 0 Å². The number of nitrogens with zero attached hydrogens (tertiary/aromatic N) is 3. The van der Waals surface area contributed by atoms with E-state index in [4.69, 9.17) is 4.74 Å². The van der Waals surface area contributed by atoms with Crippen LogP contribution in [0.3, 0.4) is 0 Å². The highest BCUT2D eigenvalue weighted by molar-refractivity contribution is 5.95. The molecule has 7 nitrogen and oxygen atoms in total. The van der Waals surface area contributed by atoms with E-state index in [2.05, 4.69) is 10.3 Å². The molecule has 1 aliphatic carbocycles. The summed E-state index contributed by atoms with van der Waals surface area (Å²) in [7, 11) is 0. The maximum atomic E-state index is 12.9. The second-order valence-electron chi connectivity index (χ2n) is 7.96. The first-order valence-corrected chi connectivity index (χ1v) is 9.63. The third-order valence-corrected chi connectivity index (χ3v) is 6.18. The van der Waals surface area contributed by atoms with E-state index in [1.807, 2.05) is 15.9 Å². The molecule has 2 saturated heterocycles. The van der Waals surface area contributed by atoms with Crippen LogP contribution >= 0.6 is 0 Å². The Hall–Kier alpha value is -2.31. The Balaban J connectivity index is 1.30. The smallest absolute Gasteiger partial charge is 0.255 e. The maximum Gasteiger partial charge on any atom is 0.255 e. The number of carbonyl (C=O) groups is 2. The van der Waals surface area contributed by atoms with Gasteiger partial charge in [-0.05, 0) is 31.7 Å². The molecule has 7 heteroatoms. The highest BCUT2D eigenvalue weighted by Gasteiger charge is 2.44. The third-order valence-electron chi connectivity index (χ3n) is 6.18. The van der Waals surface area contributed by atoms with Crippen molar-refractivity contribution in [2.45, 2.75) is 50.1 Å². The zero-order valence-electron chi connectivity index (χ0n) is 14.9. The number of pyridine rings is 1. The number of nitrogens with one attached hydrogen (secondary N) is 1. The van der Waals surface area contributed by atoms with Crippen LogP contribution in [0.2, 0.25) is 0 Å². The van der Waals surface area contributed by atoms with E-state index in [-0.39, 0.29) is 23.4 Å². The van der Waals surface area contributed by atoms with E-state index in [9.17, 15) is 9.59 Å². The van der Waals surface area contributed by atoms with Crippen molar-refractivity contribution in [2.24, 2.45) is 0 Å². The molecule has 0 aromatic carbocycles. The van der Waals surface area contributed by atoms with E-state index in [0.29, 0.717) is 37.4 Å². The van der Waals surface area contributed by atoms with Gasteiger partial charge in [-0.1, -0.05) is 0 Å². The van der Waals surface area contributed by atoms with E-state index in [1.165, 1.54) is 0 Å². The van der Waals surface area contributed by atoms with Gasteiger partial charge >= 0.3 is 0 Å². The van der Waals surface area contributed by atoms with E-state index in [0.717, 1.165) is 44.5 Å². The first-order valence-electron chi connectivity index (χ1n) is 9.63. The molecule has 1 unspecified atom stereocenters. The molecule has 1 atom stereocenters. The molecule has 4 heterocycles. The van der Waals surface area contributed by atoms with Crippen LogP contribution in [-0.4, -0.2) is 64.4 Å². The Labute approximate surface area is 152 Å². The van der Waals surface area contributed by atoms with Crippen molar-refractivity contribution >= 4 is 17.6 Å². The number of hydrogen-bond acceptors (Lipinski definition) is 5. The van der Waals surface area contributed by atoms with E-state index in [1.54, 1.807) is 6.20 Å². The minimum absolute atomic E-state index is 0.0246. The predicted octanol–water partition coefficient (Wildman–Crippen LogP) is 1.65. The van der Waals surface area contributed by atoms with Gasteiger partial charge in [0.05, 0.1) is 18.2 Å². The number of ether oxygens (including phenoxy) is 1. The number of carbonyl (C=O) groups excluding carboxylic acids is 2. The minimum Gasteiger partial charge on any atom is -0.490 e. The van der Waals surface area contributed by atoms with Crippen molar-refractivity contribution in [2.75, 3.05) is 31.6 Å². The third kappa shape index (κ3) is 2.70. The maximum absolute atomic E-state index is 12.9. The molecule has 1 spiro atoms. The van der Waals surface area contributed by atoms with E-state index < -0.39 is 0 Å². The first kappa shape index (κ1) is 15.9. The summed E-state index contributed by atoms with van der Waals surface area (Å²) >= 11 is 0. The Morgan fingerprint density at radius 2 is 2.19 bits per heavy atom. The largest absolute Gasteiger partial charge is 0.490 e. The average molecular weight is 356 g/mol. The number of rotatable bonds is 2. The second kappa shape index (κ2) is 5.86. The summed E-state index contributed by atoms with van der Waals surface area (Å²) < 4.78 is 5.85. The molecular formula is C19H24N4O3. The Morgan fingerprint density at radius 3 is 2.96 bits per heavy atom. The summed E-state index contributed by atoms with van der Waals surface area (Å²) in [6, 6.07) is 1.98. The normalized spacial score (nSPS) is 26.3. The molecule has 4 aliphatic rings. The van der Waals surface area contributed by atoms with Gasteiger partial charge in [0.15, 0.2) is 11.6 Å². The molecule has 138 valence electrons. The predicted molar refractivity (Wildman–Crippen MR) is 95.2 cm³/mol. The number of hydrogen-bond donors (Lipinski definition) is 1. The standard InChI is InChI=1S/C19H24N4O3/c24-16-2-1-7-23(16)14-3-8-22(12-14)18(25)13-10-15-17(20-11-13)21-19(4-5-19)6-9-26-15/h10-11,14H,1-9,12H2,(H,20,21). The Morgan fingerprint density at radius 1 is 1.31 bits per heavy atom. The second-order valence-corrected chi connectivity index (χ2v) is 7.96. The average Bonchev–Trinajstić information content (AvgIpc) is 3.06. The SMILES string of the molecule is O=C(c1cnc2c(c1)OCCC1(CC1)N2)N1CCC(N2CCCC2=O)C1. The molecule has 0 radical (unpaired) electrons. The summed E-state index contributed by atoms with van der Waals surface area (Å²) in [5.41, 5.74) is 0.722. The van der Waals surface area contributed by atoms with Gasteiger partial charge in [0, 0.05) is 44.2 Å². The molecular weight excluding hydrogens is 332 g/mol. The lowest BCUT2D eigenvalue weighted by Crippen LogP contribution is -2.39. The lowest BCUT2D eigenvalue weighted by Gasteiger charge is -2.24. The number of amides is 2. The lowest BCUT2D eigenvalue weighted by atomic mass is 10.2. The fourth-order valence-corrected chi connectivity index (χ4v) is 4.38. The summed E-state index contributed by atoms with van der Waals surface area (Å²) in [5.74, 6) is 1.62.